The van der Waals surface area contributed by atoms with Gasteiger partial charge in [-0.25, -0.2) is 0 Å². The maximum atomic E-state index is 3.74. The molecular formula is C26H32N2. The normalized spacial score (nSPS) is 12.9. The Kier molecular flexibility index (Phi) is 4.41. The van der Waals surface area contributed by atoms with Gasteiger partial charge < -0.3 is 9.97 Å². The van der Waals surface area contributed by atoms with Crippen LogP contribution in [0.5, 0.6) is 0 Å². The number of aromatic nitrogens is 2. The van der Waals surface area contributed by atoms with Gasteiger partial charge in [0.25, 0.3) is 0 Å². The van der Waals surface area contributed by atoms with Crippen LogP contribution in [0.2, 0.25) is 0 Å². The number of fused-ring (bicyclic) bond motifs is 2. The Bertz CT molecular complexity index is 1130. The average Bonchev–Trinajstić information content (AvgIpc) is 3.24. The third-order valence-electron chi connectivity index (χ3n) is 6.00. The Balaban J connectivity index is 1.81. The Morgan fingerprint density at radius 1 is 0.821 bits per heavy atom. The largest absolute Gasteiger partial charge is 0.358 e. The molecule has 0 saturated heterocycles. The predicted molar refractivity (Wildman–Crippen MR) is 122 cm³/mol. The smallest absolute Gasteiger partial charge is 0.0496 e. The second-order valence-electron chi connectivity index (χ2n) is 9.82. The minimum Gasteiger partial charge on any atom is -0.358 e. The molecular weight excluding hydrogens is 340 g/mol. The lowest BCUT2D eigenvalue weighted by atomic mass is 9.80. The molecule has 4 aromatic rings. The molecule has 2 nitrogen and oxygen atoms in total. The zero-order valence-electron chi connectivity index (χ0n) is 18.0. The van der Waals surface area contributed by atoms with Crippen molar-refractivity contribution in [2.45, 2.75) is 65.2 Å². The van der Waals surface area contributed by atoms with Crippen molar-refractivity contribution in [3.05, 3.63) is 59.8 Å². The number of rotatable bonds is 4. The van der Waals surface area contributed by atoms with E-state index in [-0.39, 0.29) is 10.8 Å². The van der Waals surface area contributed by atoms with Crippen molar-refractivity contribution in [3.8, 4) is 11.3 Å². The fraction of sp³-hybridized carbons (Fsp3) is 0.385. The van der Waals surface area contributed by atoms with Gasteiger partial charge in [-0.05, 0) is 47.2 Å². The average molecular weight is 373 g/mol. The molecule has 4 rings (SSSR count). The summed E-state index contributed by atoms with van der Waals surface area (Å²) in [4.78, 5) is 7.31. The fourth-order valence-electron chi connectivity index (χ4n) is 4.34. The first-order valence-corrected chi connectivity index (χ1v) is 10.4. The molecule has 0 unspecified atom stereocenters. The quantitative estimate of drug-likeness (QED) is 0.368. The number of hydrogen-bond donors (Lipinski definition) is 2. The van der Waals surface area contributed by atoms with Gasteiger partial charge in [0.15, 0.2) is 0 Å². The second-order valence-corrected chi connectivity index (χ2v) is 9.82. The van der Waals surface area contributed by atoms with Crippen molar-refractivity contribution in [1.82, 2.24) is 9.97 Å². The van der Waals surface area contributed by atoms with E-state index in [1.807, 2.05) is 0 Å². The highest BCUT2D eigenvalue weighted by atomic mass is 14.7. The van der Waals surface area contributed by atoms with Gasteiger partial charge in [0, 0.05) is 38.6 Å². The van der Waals surface area contributed by atoms with E-state index in [2.05, 4.69) is 100 Å². The summed E-state index contributed by atoms with van der Waals surface area (Å²) < 4.78 is 0. The Hall–Kier alpha value is -2.48. The summed E-state index contributed by atoms with van der Waals surface area (Å²) in [6.45, 7) is 13.7. The summed E-state index contributed by atoms with van der Waals surface area (Å²) in [7, 11) is 0. The minimum atomic E-state index is 0.125. The molecule has 28 heavy (non-hydrogen) atoms. The molecule has 0 bridgehead atoms. The van der Waals surface area contributed by atoms with Crippen molar-refractivity contribution >= 4 is 21.8 Å². The zero-order chi connectivity index (χ0) is 20.1. The van der Waals surface area contributed by atoms with Crippen molar-refractivity contribution < 1.29 is 0 Å². The highest BCUT2D eigenvalue weighted by Gasteiger charge is 2.23. The summed E-state index contributed by atoms with van der Waals surface area (Å²) in [6.07, 6.45) is 2.38. The SMILES string of the molecule is CCCC(C)(C)c1cccc2cc(-c3ccc4[nH]c(C(C)(C)C)cc4c3)[nH]c12. The van der Waals surface area contributed by atoms with Crippen LogP contribution in [0.4, 0.5) is 0 Å². The van der Waals surface area contributed by atoms with Crippen LogP contribution < -0.4 is 0 Å². The number of para-hydroxylation sites is 1. The van der Waals surface area contributed by atoms with Gasteiger partial charge in [-0.15, -0.1) is 0 Å². The molecule has 2 heteroatoms. The van der Waals surface area contributed by atoms with Crippen LogP contribution in [0.15, 0.2) is 48.5 Å². The van der Waals surface area contributed by atoms with Gasteiger partial charge in [0.05, 0.1) is 0 Å². The van der Waals surface area contributed by atoms with E-state index >= 15 is 0 Å². The van der Waals surface area contributed by atoms with Gasteiger partial charge in [0.1, 0.15) is 0 Å². The molecule has 0 saturated carbocycles. The first kappa shape index (κ1) is 18.9. The monoisotopic (exact) mass is 372 g/mol. The van der Waals surface area contributed by atoms with Crippen molar-refractivity contribution in [1.29, 1.82) is 0 Å². The molecule has 146 valence electrons. The Labute approximate surface area is 168 Å². The lowest BCUT2D eigenvalue weighted by Gasteiger charge is -2.25. The van der Waals surface area contributed by atoms with Gasteiger partial charge in [-0.2, -0.15) is 0 Å². The molecule has 2 aromatic heterocycles. The molecule has 2 aromatic carbocycles. The van der Waals surface area contributed by atoms with Gasteiger partial charge in [-0.3, -0.25) is 0 Å². The van der Waals surface area contributed by atoms with E-state index in [9.17, 15) is 0 Å². The fourth-order valence-corrected chi connectivity index (χ4v) is 4.34. The predicted octanol–water partition coefficient (Wildman–Crippen LogP) is 7.69. The number of H-pyrrole nitrogens is 2. The van der Waals surface area contributed by atoms with Crippen LogP contribution >= 0.6 is 0 Å². The number of hydrogen-bond acceptors (Lipinski definition) is 0. The lowest BCUT2D eigenvalue weighted by Crippen LogP contribution is -2.17. The van der Waals surface area contributed by atoms with E-state index in [4.69, 9.17) is 0 Å². The van der Waals surface area contributed by atoms with Crippen LogP contribution in [0, 0.1) is 0 Å². The van der Waals surface area contributed by atoms with E-state index in [1.165, 1.54) is 57.2 Å². The van der Waals surface area contributed by atoms with Crippen molar-refractivity contribution in [2.24, 2.45) is 0 Å². The van der Waals surface area contributed by atoms with Crippen LogP contribution in [-0.4, -0.2) is 9.97 Å². The number of nitrogens with one attached hydrogen (secondary N) is 2. The van der Waals surface area contributed by atoms with E-state index in [0.29, 0.717) is 0 Å². The molecule has 0 spiro atoms. The molecule has 0 fully saturated rings. The minimum absolute atomic E-state index is 0.125. The molecule has 0 amide bonds. The summed E-state index contributed by atoms with van der Waals surface area (Å²) in [5.74, 6) is 0. The van der Waals surface area contributed by atoms with Crippen LogP contribution in [0.25, 0.3) is 33.1 Å². The molecule has 0 atom stereocenters. The third kappa shape index (κ3) is 3.26. The summed E-state index contributed by atoms with van der Waals surface area (Å²) in [5.41, 5.74) is 7.89. The third-order valence-corrected chi connectivity index (χ3v) is 6.00. The first-order chi connectivity index (χ1) is 13.2. The summed E-state index contributed by atoms with van der Waals surface area (Å²) >= 11 is 0. The molecule has 0 aliphatic heterocycles. The summed E-state index contributed by atoms with van der Waals surface area (Å²) in [5, 5.41) is 2.56. The topological polar surface area (TPSA) is 31.6 Å². The highest BCUT2D eigenvalue weighted by Crippen LogP contribution is 2.36. The van der Waals surface area contributed by atoms with E-state index in [1.54, 1.807) is 0 Å². The van der Waals surface area contributed by atoms with Crippen molar-refractivity contribution in [2.75, 3.05) is 0 Å². The van der Waals surface area contributed by atoms with Crippen LogP contribution in [-0.2, 0) is 10.8 Å². The molecule has 2 N–H and O–H groups in total. The van der Waals surface area contributed by atoms with E-state index in [0.717, 1.165) is 0 Å². The maximum absolute atomic E-state index is 3.74. The zero-order valence-corrected chi connectivity index (χ0v) is 18.0. The molecule has 0 aliphatic carbocycles. The summed E-state index contributed by atoms with van der Waals surface area (Å²) in [6, 6.07) is 18.0. The van der Waals surface area contributed by atoms with E-state index < -0.39 is 0 Å². The van der Waals surface area contributed by atoms with Gasteiger partial charge >= 0.3 is 0 Å². The lowest BCUT2D eigenvalue weighted by molar-refractivity contribution is 0.476. The molecule has 0 aliphatic rings. The molecule has 0 radical (unpaired) electrons. The van der Waals surface area contributed by atoms with Crippen LogP contribution in [0.1, 0.15) is 65.6 Å². The maximum Gasteiger partial charge on any atom is 0.0496 e. The first-order valence-electron chi connectivity index (χ1n) is 10.4. The van der Waals surface area contributed by atoms with Crippen molar-refractivity contribution in [3.63, 3.8) is 0 Å². The highest BCUT2D eigenvalue weighted by molar-refractivity contribution is 5.91. The van der Waals surface area contributed by atoms with Gasteiger partial charge in [-0.1, -0.05) is 72.2 Å². The second kappa shape index (κ2) is 6.55. The number of aromatic amines is 2. The van der Waals surface area contributed by atoms with Crippen LogP contribution in [0.3, 0.4) is 0 Å². The standard InChI is InChI=1S/C26H32N2/c1-7-13-26(5,6)20-10-8-9-18-15-22(28-24(18)20)17-11-12-21-19(14-17)16-23(27-21)25(2,3)4/h8-12,14-16,27-28H,7,13H2,1-6H3. The Morgan fingerprint density at radius 2 is 1.61 bits per heavy atom. The Morgan fingerprint density at radius 3 is 2.32 bits per heavy atom. The molecule has 2 heterocycles. The number of benzene rings is 2. The van der Waals surface area contributed by atoms with Gasteiger partial charge in [0.2, 0.25) is 0 Å².